The summed E-state index contributed by atoms with van der Waals surface area (Å²) in [7, 11) is 0. The van der Waals surface area contributed by atoms with Crippen molar-refractivity contribution in [3.05, 3.63) is 94.5 Å². The number of aliphatic hydroxyl groups excluding tert-OH is 1. The van der Waals surface area contributed by atoms with Crippen molar-refractivity contribution in [2.24, 2.45) is 0 Å². The fourth-order valence-electron chi connectivity index (χ4n) is 3.88. The Morgan fingerprint density at radius 3 is 2.11 bits per heavy atom. The summed E-state index contributed by atoms with van der Waals surface area (Å²) in [5, 5.41) is 10.2. The molecule has 198 valence electrons. The number of epoxide rings is 1. The lowest BCUT2D eigenvalue weighted by atomic mass is 9.78. The molecule has 8 heteroatoms. The van der Waals surface area contributed by atoms with Crippen molar-refractivity contribution in [2.75, 3.05) is 26.4 Å². The molecule has 1 aliphatic rings. The Morgan fingerprint density at radius 1 is 0.947 bits per heavy atom. The van der Waals surface area contributed by atoms with E-state index in [1.807, 2.05) is 36.4 Å². The van der Waals surface area contributed by atoms with Gasteiger partial charge in [-0.3, -0.25) is 9.59 Å². The van der Waals surface area contributed by atoms with Gasteiger partial charge in [0.15, 0.2) is 6.29 Å². The zero-order chi connectivity index (χ0) is 27.1. The molecule has 3 aromatic carbocycles. The van der Waals surface area contributed by atoms with Crippen LogP contribution in [0.1, 0.15) is 56.0 Å². The molecule has 38 heavy (non-hydrogen) atoms. The van der Waals surface area contributed by atoms with Crippen molar-refractivity contribution in [2.45, 2.75) is 31.5 Å². The molecule has 0 aliphatic carbocycles. The van der Waals surface area contributed by atoms with Crippen LogP contribution >= 0.6 is 0 Å². The summed E-state index contributed by atoms with van der Waals surface area (Å²) in [6, 6.07) is 19.7. The molecule has 0 saturated carbocycles. The molecule has 2 atom stereocenters. The quantitative estimate of drug-likeness (QED) is 0.205. The van der Waals surface area contributed by atoms with Gasteiger partial charge >= 0.3 is 5.97 Å². The first-order valence-electron chi connectivity index (χ1n) is 12.3. The van der Waals surface area contributed by atoms with Crippen molar-refractivity contribution in [3.63, 3.8) is 0 Å². The average molecular weight is 519 g/mol. The average Bonchev–Trinajstić information content (AvgIpc) is 3.78. The number of hydrogen-bond donors (Lipinski definition) is 1. The third-order valence-electron chi connectivity index (χ3n) is 6.40. The summed E-state index contributed by atoms with van der Waals surface area (Å²) in [5.74, 6) is 0.605. The molecule has 1 aliphatic heterocycles. The highest BCUT2D eigenvalue weighted by Gasteiger charge is 2.25. The SMILES string of the molecule is CC(C)(c1ccc(OCC(O)COC(=O)c2ccc(C=O)cc2C=O)cc1)c1ccc(OCC2CO2)cc1. The van der Waals surface area contributed by atoms with Gasteiger partial charge in [-0.2, -0.15) is 0 Å². The molecular weight excluding hydrogens is 488 g/mol. The van der Waals surface area contributed by atoms with Crippen LogP contribution in [0.4, 0.5) is 0 Å². The number of ether oxygens (including phenoxy) is 4. The Labute approximate surface area is 221 Å². The van der Waals surface area contributed by atoms with Gasteiger partial charge < -0.3 is 24.1 Å². The molecule has 0 bridgehead atoms. The number of aldehydes is 2. The molecule has 1 fully saturated rings. The Bertz CT molecular complexity index is 1260. The predicted molar refractivity (Wildman–Crippen MR) is 139 cm³/mol. The zero-order valence-electron chi connectivity index (χ0n) is 21.3. The van der Waals surface area contributed by atoms with Crippen LogP contribution in [0.5, 0.6) is 11.5 Å². The Hall–Kier alpha value is -4.01. The highest BCUT2D eigenvalue weighted by Crippen LogP contribution is 2.33. The number of hydrogen-bond acceptors (Lipinski definition) is 8. The van der Waals surface area contributed by atoms with Crippen molar-refractivity contribution in [3.8, 4) is 11.5 Å². The summed E-state index contributed by atoms with van der Waals surface area (Å²) in [5.41, 5.74) is 2.31. The van der Waals surface area contributed by atoms with E-state index in [2.05, 4.69) is 26.0 Å². The van der Waals surface area contributed by atoms with Gasteiger partial charge in [0.25, 0.3) is 0 Å². The summed E-state index contributed by atoms with van der Waals surface area (Å²) in [6.45, 7) is 5.20. The number of aliphatic hydroxyl groups is 1. The van der Waals surface area contributed by atoms with Crippen LogP contribution in [0.15, 0.2) is 66.7 Å². The minimum Gasteiger partial charge on any atom is -0.491 e. The Morgan fingerprint density at radius 2 is 1.55 bits per heavy atom. The van der Waals surface area contributed by atoms with Crippen LogP contribution in [-0.2, 0) is 14.9 Å². The van der Waals surface area contributed by atoms with Crippen LogP contribution in [0, 0.1) is 0 Å². The molecule has 0 amide bonds. The number of carbonyl (C=O) groups is 3. The van der Waals surface area contributed by atoms with E-state index < -0.39 is 12.1 Å². The van der Waals surface area contributed by atoms with Crippen molar-refractivity contribution in [1.82, 2.24) is 0 Å². The summed E-state index contributed by atoms with van der Waals surface area (Å²) < 4.78 is 21.7. The minimum absolute atomic E-state index is 0.0203. The normalized spacial score (nSPS) is 15.3. The van der Waals surface area contributed by atoms with Gasteiger partial charge in [-0.05, 0) is 47.5 Å². The van der Waals surface area contributed by atoms with Crippen molar-refractivity contribution < 1.29 is 38.4 Å². The first-order chi connectivity index (χ1) is 18.3. The van der Waals surface area contributed by atoms with Crippen LogP contribution in [0.25, 0.3) is 0 Å². The van der Waals surface area contributed by atoms with Crippen molar-refractivity contribution >= 4 is 18.5 Å². The second-order valence-corrected chi connectivity index (χ2v) is 9.59. The fraction of sp³-hybridized carbons (Fsp3) is 0.300. The van der Waals surface area contributed by atoms with E-state index in [1.54, 1.807) is 0 Å². The minimum atomic E-state index is -1.07. The monoisotopic (exact) mass is 518 g/mol. The van der Waals surface area contributed by atoms with Gasteiger partial charge in [-0.25, -0.2) is 4.79 Å². The molecule has 2 unspecified atom stereocenters. The molecule has 1 saturated heterocycles. The fourth-order valence-corrected chi connectivity index (χ4v) is 3.88. The lowest BCUT2D eigenvalue weighted by Crippen LogP contribution is -2.25. The zero-order valence-corrected chi connectivity index (χ0v) is 21.3. The third kappa shape index (κ3) is 6.85. The van der Waals surface area contributed by atoms with Gasteiger partial charge in [0, 0.05) is 16.5 Å². The molecule has 0 spiro atoms. The first-order valence-corrected chi connectivity index (χ1v) is 12.3. The summed E-state index contributed by atoms with van der Waals surface area (Å²) >= 11 is 0. The Balaban J connectivity index is 1.27. The maximum atomic E-state index is 12.3. The maximum absolute atomic E-state index is 12.3. The van der Waals surface area contributed by atoms with Crippen LogP contribution in [0.3, 0.4) is 0 Å². The summed E-state index contributed by atoms with van der Waals surface area (Å²) in [4.78, 5) is 34.4. The van der Waals surface area contributed by atoms with Crippen LogP contribution in [0.2, 0.25) is 0 Å². The molecule has 1 heterocycles. The molecule has 8 nitrogen and oxygen atoms in total. The largest absolute Gasteiger partial charge is 0.491 e. The van der Waals surface area contributed by atoms with Gasteiger partial charge in [-0.15, -0.1) is 0 Å². The van der Waals surface area contributed by atoms with Crippen LogP contribution in [-0.4, -0.2) is 62.3 Å². The van der Waals surface area contributed by atoms with E-state index in [9.17, 15) is 19.5 Å². The maximum Gasteiger partial charge on any atom is 0.338 e. The van der Waals surface area contributed by atoms with Gasteiger partial charge in [-0.1, -0.05) is 44.2 Å². The predicted octanol–water partition coefficient (Wildman–Crippen LogP) is 4.01. The second kappa shape index (κ2) is 12.0. The van der Waals surface area contributed by atoms with Crippen molar-refractivity contribution in [1.29, 1.82) is 0 Å². The molecule has 1 N–H and O–H groups in total. The lowest BCUT2D eigenvalue weighted by molar-refractivity contribution is 0.0129. The first kappa shape index (κ1) is 27.0. The molecule has 0 radical (unpaired) electrons. The number of esters is 1. The number of carbonyl (C=O) groups excluding carboxylic acids is 3. The van der Waals surface area contributed by atoms with Crippen LogP contribution < -0.4 is 9.47 Å². The molecule has 3 aromatic rings. The smallest absolute Gasteiger partial charge is 0.338 e. The standard InChI is InChI=1S/C30H30O8/c1-30(2,23-6-10-26(11-7-23)36-18-27-19-37-27)22-4-8-25(9-5-22)35-16-24(33)17-38-29(34)28-12-3-20(14-31)13-21(28)15-32/h3-15,24,27,33H,16-19H2,1-2H3. The van der Waals surface area contributed by atoms with E-state index in [0.717, 1.165) is 23.5 Å². The van der Waals surface area contributed by atoms with E-state index >= 15 is 0 Å². The lowest BCUT2D eigenvalue weighted by Gasteiger charge is -2.26. The molecule has 0 aromatic heterocycles. The van der Waals surface area contributed by atoms with Gasteiger partial charge in [0.1, 0.15) is 49.8 Å². The van der Waals surface area contributed by atoms with E-state index in [-0.39, 0.29) is 41.4 Å². The Kier molecular flexibility index (Phi) is 8.55. The van der Waals surface area contributed by atoms with E-state index in [4.69, 9.17) is 18.9 Å². The van der Waals surface area contributed by atoms with E-state index in [0.29, 0.717) is 24.9 Å². The van der Waals surface area contributed by atoms with E-state index in [1.165, 1.54) is 18.2 Å². The highest BCUT2D eigenvalue weighted by atomic mass is 16.6. The second-order valence-electron chi connectivity index (χ2n) is 9.59. The number of benzene rings is 3. The number of rotatable bonds is 13. The summed E-state index contributed by atoms with van der Waals surface area (Å²) in [6.07, 6.45) is 0.198. The highest BCUT2D eigenvalue weighted by molar-refractivity contribution is 5.99. The van der Waals surface area contributed by atoms with Gasteiger partial charge in [0.2, 0.25) is 0 Å². The molecular formula is C30H30O8. The van der Waals surface area contributed by atoms with Gasteiger partial charge in [0.05, 0.1) is 12.2 Å². The molecule has 4 rings (SSSR count). The third-order valence-corrected chi connectivity index (χ3v) is 6.40. The topological polar surface area (TPSA) is 112 Å².